The number of hydrogen-bond acceptors (Lipinski definition) is 4. The average Bonchev–Trinajstić information content (AvgIpc) is 2.43. The van der Waals surface area contributed by atoms with Crippen LogP contribution in [0.5, 0.6) is 0 Å². The van der Waals surface area contributed by atoms with Gasteiger partial charge in [-0.2, -0.15) is 0 Å². The molecule has 0 atom stereocenters. The molecule has 4 nitrogen and oxygen atoms in total. The second kappa shape index (κ2) is 7.19. The molecule has 0 unspecified atom stereocenters. The molecule has 106 valence electrons. The van der Waals surface area contributed by atoms with E-state index < -0.39 is 0 Å². The van der Waals surface area contributed by atoms with E-state index in [0.717, 1.165) is 0 Å². The molecule has 1 N–H and O–H groups in total. The monoisotopic (exact) mass is 406 g/mol. The summed E-state index contributed by atoms with van der Waals surface area (Å²) in [5, 5.41) is 0. The van der Waals surface area contributed by atoms with Crippen molar-refractivity contribution in [3.05, 3.63) is 55.5 Å². The molecule has 0 aliphatic carbocycles. The summed E-state index contributed by atoms with van der Waals surface area (Å²) in [6.45, 7) is 0.277. The van der Waals surface area contributed by atoms with E-state index in [1.165, 1.54) is 17.8 Å². The van der Waals surface area contributed by atoms with Crippen molar-refractivity contribution in [2.75, 3.05) is 7.11 Å². The third kappa shape index (κ3) is 3.80. The van der Waals surface area contributed by atoms with Crippen LogP contribution in [0.3, 0.4) is 0 Å². The summed E-state index contributed by atoms with van der Waals surface area (Å²) in [4.78, 5) is 19.3. The molecule has 7 heteroatoms. The molecular weight excluding hydrogens is 394 g/mol. The Hall–Kier alpha value is -0.930. The second-order valence-electron chi connectivity index (χ2n) is 3.93. The zero-order valence-corrected chi connectivity index (χ0v) is 13.6. The fourth-order valence-electron chi connectivity index (χ4n) is 1.57. The van der Waals surface area contributed by atoms with Gasteiger partial charge in [0.15, 0.2) is 0 Å². The van der Waals surface area contributed by atoms with Gasteiger partial charge in [0.05, 0.1) is 18.1 Å². The van der Waals surface area contributed by atoms with E-state index >= 15 is 0 Å². The molecule has 1 heterocycles. The number of nitrogens with one attached hydrogen (secondary N) is 1. The van der Waals surface area contributed by atoms with Gasteiger partial charge in [0, 0.05) is 12.0 Å². The molecule has 0 spiro atoms. The Kier molecular flexibility index (Phi) is 5.55. The van der Waals surface area contributed by atoms with Crippen molar-refractivity contribution >= 4 is 34.4 Å². The van der Waals surface area contributed by atoms with Crippen molar-refractivity contribution in [3.8, 4) is 0 Å². The van der Waals surface area contributed by atoms with E-state index in [-0.39, 0.29) is 18.0 Å². The maximum atomic E-state index is 13.5. The van der Waals surface area contributed by atoms with Gasteiger partial charge in [0.1, 0.15) is 15.2 Å². The number of rotatable bonds is 5. The number of methoxy groups -OCH3 is 1. The molecule has 0 aliphatic heterocycles. The van der Waals surface area contributed by atoms with Crippen LogP contribution in [0.15, 0.2) is 34.0 Å². The summed E-state index contributed by atoms with van der Waals surface area (Å²) >= 11 is 3.23. The fraction of sp³-hybridized carbons (Fsp3) is 0.231. The van der Waals surface area contributed by atoms with Gasteiger partial charge >= 0.3 is 0 Å². The summed E-state index contributed by atoms with van der Waals surface area (Å²) in [5.41, 5.74) is 0.401. The number of aromatic amines is 1. The summed E-state index contributed by atoms with van der Waals surface area (Å²) in [6, 6.07) is 6.51. The van der Waals surface area contributed by atoms with Gasteiger partial charge in [0.2, 0.25) is 0 Å². The minimum Gasteiger partial charge on any atom is -0.378 e. The Morgan fingerprint density at radius 3 is 2.90 bits per heavy atom. The molecule has 0 radical (unpaired) electrons. The highest BCUT2D eigenvalue weighted by Gasteiger charge is 2.10. The first kappa shape index (κ1) is 15.5. The number of ether oxygens (including phenoxy) is 1. The lowest BCUT2D eigenvalue weighted by Crippen LogP contribution is -2.18. The first-order chi connectivity index (χ1) is 9.61. The summed E-state index contributed by atoms with van der Waals surface area (Å²) in [6.07, 6.45) is 0. The van der Waals surface area contributed by atoms with Crippen molar-refractivity contribution in [2.45, 2.75) is 17.3 Å². The van der Waals surface area contributed by atoms with Gasteiger partial charge < -0.3 is 9.72 Å². The molecule has 0 fully saturated rings. The first-order valence-corrected chi connectivity index (χ1v) is 7.82. The first-order valence-electron chi connectivity index (χ1n) is 5.75. The van der Waals surface area contributed by atoms with Crippen molar-refractivity contribution in [2.24, 2.45) is 0 Å². The molecule has 2 aromatic rings. The standard InChI is InChI=1S/C13H12FIN2O2S/c1-19-6-9-12(15)13(18)17-11(16-9)7-20-10-5-3-2-4-8(10)14/h2-5H,6-7H2,1H3,(H,16,17,18). The van der Waals surface area contributed by atoms with Crippen molar-refractivity contribution < 1.29 is 9.13 Å². The quantitative estimate of drug-likeness (QED) is 0.613. The SMILES string of the molecule is COCc1nc(CSc2ccccc2F)[nH]c(=O)c1I. The third-order valence-corrected chi connectivity index (χ3v) is 4.63. The predicted molar refractivity (Wildman–Crippen MR) is 84.2 cm³/mol. The molecule has 1 aromatic carbocycles. The zero-order chi connectivity index (χ0) is 14.5. The Labute approximate surface area is 133 Å². The summed E-state index contributed by atoms with van der Waals surface area (Å²) < 4.78 is 19.0. The summed E-state index contributed by atoms with van der Waals surface area (Å²) in [7, 11) is 1.55. The molecule has 0 aliphatic rings. The van der Waals surface area contributed by atoms with E-state index in [1.807, 2.05) is 22.6 Å². The van der Waals surface area contributed by atoms with Crippen molar-refractivity contribution in [1.82, 2.24) is 9.97 Å². The highest BCUT2D eigenvalue weighted by atomic mass is 127. The second-order valence-corrected chi connectivity index (χ2v) is 6.02. The van der Waals surface area contributed by atoms with Gasteiger partial charge in [-0.15, -0.1) is 11.8 Å². The van der Waals surface area contributed by atoms with Crippen LogP contribution in [-0.4, -0.2) is 17.1 Å². The lowest BCUT2D eigenvalue weighted by molar-refractivity contribution is 0.180. The predicted octanol–water partition coefficient (Wildman–Crippen LogP) is 2.95. The van der Waals surface area contributed by atoms with Crippen LogP contribution < -0.4 is 5.56 Å². The van der Waals surface area contributed by atoms with Crippen LogP contribution in [0, 0.1) is 9.39 Å². The Balaban J connectivity index is 2.18. The van der Waals surface area contributed by atoms with E-state index in [1.54, 1.807) is 25.3 Å². The number of aromatic nitrogens is 2. The highest BCUT2D eigenvalue weighted by Crippen LogP contribution is 2.23. The number of halogens is 2. The van der Waals surface area contributed by atoms with Crippen LogP contribution in [-0.2, 0) is 17.1 Å². The maximum absolute atomic E-state index is 13.5. The fourth-order valence-corrected chi connectivity index (χ4v) is 2.79. The Morgan fingerprint density at radius 1 is 1.45 bits per heavy atom. The van der Waals surface area contributed by atoms with Crippen LogP contribution in [0.25, 0.3) is 0 Å². The minimum absolute atomic E-state index is 0.197. The third-order valence-electron chi connectivity index (χ3n) is 2.46. The Morgan fingerprint density at radius 2 is 2.20 bits per heavy atom. The van der Waals surface area contributed by atoms with Crippen LogP contribution in [0.2, 0.25) is 0 Å². The van der Waals surface area contributed by atoms with E-state index in [0.29, 0.717) is 25.7 Å². The van der Waals surface area contributed by atoms with E-state index in [2.05, 4.69) is 9.97 Å². The molecular formula is C13H12FIN2O2S. The molecule has 2 rings (SSSR count). The van der Waals surface area contributed by atoms with E-state index in [4.69, 9.17) is 4.74 Å². The van der Waals surface area contributed by atoms with Gasteiger partial charge in [-0.05, 0) is 34.7 Å². The van der Waals surface area contributed by atoms with Crippen LogP contribution in [0.4, 0.5) is 4.39 Å². The highest BCUT2D eigenvalue weighted by molar-refractivity contribution is 14.1. The van der Waals surface area contributed by atoms with Crippen molar-refractivity contribution in [1.29, 1.82) is 0 Å². The van der Waals surface area contributed by atoms with Crippen molar-refractivity contribution in [3.63, 3.8) is 0 Å². The minimum atomic E-state index is -0.275. The molecule has 20 heavy (non-hydrogen) atoms. The van der Waals surface area contributed by atoms with E-state index in [9.17, 15) is 9.18 Å². The average molecular weight is 406 g/mol. The number of benzene rings is 1. The lowest BCUT2D eigenvalue weighted by Gasteiger charge is -2.06. The smallest absolute Gasteiger partial charge is 0.264 e. The Bertz CT molecular complexity index is 663. The maximum Gasteiger partial charge on any atom is 0.264 e. The normalized spacial score (nSPS) is 10.8. The lowest BCUT2D eigenvalue weighted by atomic mass is 10.3. The number of nitrogens with zero attached hydrogens (tertiary/aromatic N) is 1. The number of H-pyrrole nitrogens is 1. The molecule has 0 bridgehead atoms. The summed E-state index contributed by atoms with van der Waals surface area (Å²) in [5.74, 6) is 0.627. The molecule has 1 aromatic heterocycles. The van der Waals surface area contributed by atoms with Gasteiger partial charge in [-0.3, -0.25) is 4.79 Å². The van der Waals surface area contributed by atoms with Gasteiger partial charge in [-0.1, -0.05) is 12.1 Å². The van der Waals surface area contributed by atoms with Crippen LogP contribution >= 0.6 is 34.4 Å². The zero-order valence-electron chi connectivity index (χ0n) is 10.7. The largest absolute Gasteiger partial charge is 0.378 e. The van der Waals surface area contributed by atoms with Crippen LogP contribution in [0.1, 0.15) is 11.5 Å². The molecule has 0 amide bonds. The number of hydrogen-bond donors (Lipinski definition) is 1. The topological polar surface area (TPSA) is 55.0 Å². The number of thioether (sulfide) groups is 1. The molecule has 0 saturated carbocycles. The van der Waals surface area contributed by atoms with Gasteiger partial charge in [0.25, 0.3) is 5.56 Å². The van der Waals surface area contributed by atoms with Gasteiger partial charge in [-0.25, -0.2) is 9.37 Å². The molecule has 0 saturated heterocycles.